The second kappa shape index (κ2) is 9.00. The lowest BCUT2D eigenvalue weighted by atomic mass is 9.75. The number of ether oxygens (including phenoxy) is 1. The summed E-state index contributed by atoms with van der Waals surface area (Å²) < 4.78 is 5.52. The molecule has 0 spiro atoms. The molecule has 1 unspecified atom stereocenters. The van der Waals surface area contributed by atoms with Crippen molar-refractivity contribution in [2.75, 3.05) is 39.9 Å². The largest absolute Gasteiger partial charge is 0.381 e. The Morgan fingerprint density at radius 3 is 2.17 bits per heavy atom. The molecule has 2 saturated heterocycles. The zero-order valence-corrected chi connectivity index (χ0v) is 16.4. The lowest BCUT2D eigenvalue weighted by molar-refractivity contribution is 0.0152. The molecule has 3 fully saturated rings. The van der Waals surface area contributed by atoms with Crippen LogP contribution in [0.4, 0.5) is 0 Å². The van der Waals surface area contributed by atoms with Crippen LogP contribution in [0, 0.1) is 17.8 Å². The molecule has 0 aromatic rings. The van der Waals surface area contributed by atoms with Gasteiger partial charge in [-0.3, -0.25) is 0 Å². The summed E-state index contributed by atoms with van der Waals surface area (Å²) in [6.07, 6.45) is 11.1. The Kier molecular flexibility index (Phi) is 7.00. The fourth-order valence-corrected chi connectivity index (χ4v) is 5.66. The highest BCUT2D eigenvalue weighted by Crippen LogP contribution is 2.35. The van der Waals surface area contributed by atoms with Crippen molar-refractivity contribution in [3.63, 3.8) is 0 Å². The minimum absolute atomic E-state index is 0.801. The van der Waals surface area contributed by atoms with Gasteiger partial charge in [-0.05, 0) is 95.8 Å². The van der Waals surface area contributed by atoms with Crippen molar-refractivity contribution in [3.8, 4) is 0 Å². The van der Waals surface area contributed by atoms with E-state index in [4.69, 9.17) is 4.74 Å². The van der Waals surface area contributed by atoms with Gasteiger partial charge in [0.25, 0.3) is 0 Å². The van der Waals surface area contributed by atoms with Crippen LogP contribution in [0.3, 0.4) is 0 Å². The predicted molar refractivity (Wildman–Crippen MR) is 101 cm³/mol. The number of likely N-dealkylation sites (tertiary alicyclic amines) is 1. The Hall–Kier alpha value is -0.120. The van der Waals surface area contributed by atoms with Crippen LogP contribution < -0.4 is 0 Å². The molecule has 3 aliphatic rings. The monoisotopic (exact) mass is 336 g/mol. The van der Waals surface area contributed by atoms with Crippen LogP contribution in [-0.4, -0.2) is 61.8 Å². The van der Waals surface area contributed by atoms with Gasteiger partial charge in [0, 0.05) is 25.3 Å². The van der Waals surface area contributed by atoms with Gasteiger partial charge in [-0.15, -0.1) is 0 Å². The van der Waals surface area contributed by atoms with Crippen molar-refractivity contribution in [1.82, 2.24) is 9.80 Å². The van der Waals surface area contributed by atoms with Crippen molar-refractivity contribution in [2.45, 2.75) is 77.3 Å². The Labute approximate surface area is 150 Å². The number of rotatable bonds is 5. The van der Waals surface area contributed by atoms with Gasteiger partial charge in [0.15, 0.2) is 0 Å². The third kappa shape index (κ3) is 5.19. The predicted octanol–water partition coefficient (Wildman–Crippen LogP) is 4.02. The third-order valence-corrected chi connectivity index (χ3v) is 7.00. The minimum Gasteiger partial charge on any atom is -0.381 e. The Morgan fingerprint density at radius 2 is 1.54 bits per heavy atom. The summed E-state index contributed by atoms with van der Waals surface area (Å²) in [6.45, 7) is 10.8. The number of piperidine rings is 1. The zero-order chi connectivity index (χ0) is 16.9. The number of hydrogen-bond donors (Lipinski definition) is 0. The molecule has 24 heavy (non-hydrogen) atoms. The minimum atomic E-state index is 0.801. The van der Waals surface area contributed by atoms with Crippen LogP contribution in [0.1, 0.15) is 65.2 Å². The molecular formula is C21H40N2O. The van der Waals surface area contributed by atoms with E-state index in [-0.39, 0.29) is 0 Å². The summed E-state index contributed by atoms with van der Waals surface area (Å²) in [4.78, 5) is 5.43. The van der Waals surface area contributed by atoms with Crippen molar-refractivity contribution in [2.24, 2.45) is 17.8 Å². The first-order chi connectivity index (χ1) is 11.6. The smallest absolute Gasteiger partial charge is 0.0480 e. The fourth-order valence-electron chi connectivity index (χ4n) is 5.66. The van der Waals surface area contributed by atoms with Gasteiger partial charge in [-0.2, -0.15) is 0 Å². The molecule has 0 amide bonds. The lowest BCUT2D eigenvalue weighted by Gasteiger charge is -2.42. The third-order valence-electron chi connectivity index (χ3n) is 7.00. The van der Waals surface area contributed by atoms with Crippen molar-refractivity contribution >= 4 is 0 Å². The average Bonchev–Trinajstić information content (AvgIpc) is 2.60. The maximum atomic E-state index is 5.52. The van der Waals surface area contributed by atoms with Gasteiger partial charge >= 0.3 is 0 Å². The van der Waals surface area contributed by atoms with Gasteiger partial charge < -0.3 is 14.5 Å². The molecule has 2 aliphatic heterocycles. The topological polar surface area (TPSA) is 15.7 Å². The quantitative estimate of drug-likeness (QED) is 0.754. The Morgan fingerprint density at radius 1 is 0.917 bits per heavy atom. The zero-order valence-electron chi connectivity index (χ0n) is 16.4. The highest BCUT2D eigenvalue weighted by Gasteiger charge is 2.29. The SMILES string of the molecule is C[C@@H]1CC(CCN(C)C2CCN(C3CCOCC3)CC2)C[C@H](C)C1. The fraction of sp³-hybridized carbons (Fsp3) is 1.00. The van der Waals surface area contributed by atoms with Crippen LogP contribution in [0.25, 0.3) is 0 Å². The molecule has 3 heteroatoms. The van der Waals surface area contributed by atoms with Crippen LogP contribution in [0.2, 0.25) is 0 Å². The maximum absolute atomic E-state index is 5.52. The molecule has 3 atom stereocenters. The molecule has 0 aromatic carbocycles. The molecule has 0 N–H and O–H groups in total. The maximum Gasteiger partial charge on any atom is 0.0480 e. The van der Waals surface area contributed by atoms with Gasteiger partial charge in [0.1, 0.15) is 0 Å². The van der Waals surface area contributed by atoms with Crippen molar-refractivity contribution < 1.29 is 4.74 Å². The lowest BCUT2D eigenvalue weighted by Crippen LogP contribution is -2.48. The van der Waals surface area contributed by atoms with Crippen LogP contribution >= 0.6 is 0 Å². The molecule has 0 radical (unpaired) electrons. The highest BCUT2D eigenvalue weighted by atomic mass is 16.5. The van der Waals surface area contributed by atoms with Gasteiger partial charge in [-0.25, -0.2) is 0 Å². The second-order valence-corrected chi connectivity index (χ2v) is 9.16. The standard InChI is InChI=1S/C21H40N2O/c1-17-14-18(2)16-19(15-17)4-9-22(3)20-5-10-23(11-6-20)21-7-12-24-13-8-21/h17-21H,4-16H2,1-3H3/t17-,18+,19?. The summed E-state index contributed by atoms with van der Waals surface area (Å²) >= 11 is 0. The van der Waals surface area contributed by atoms with E-state index in [9.17, 15) is 0 Å². The highest BCUT2D eigenvalue weighted by molar-refractivity contribution is 4.84. The molecule has 1 saturated carbocycles. The van der Waals surface area contributed by atoms with E-state index in [1.165, 1.54) is 71.0 Å². The van der Waals surface area contributed by atoms with Crippen LogP contribution in [0.5, 0.6) is 0 Å². The first-order valence-electron chi connectivity index (χ1n) is 10.6. The number of nitrogens with zero attached hydrogens (tertiary/aromatic N) is 2. The van der Waals surface area contributed by atoms with Crippen molar-refractivity contribution in [1.29, 1.82) is 0 Å². The summed E-state index contributed by atoms with van der Waals surface area (Å²) in [7, 11) is 2.38. The van der Waals surface area contributed by atoms with Crippen LogP contribution in [-0.2, 0) is 4.74 Å². The van der Waals surface area contributed by atoms with E-state index in [0.717, 1.165) is 43.1 Å². The molecule has 2 heterocycles. The Balaban J connectivity index is 1.36. The molecule has 140 valence electrons. The Bertz CT molecular complexity index is 351. The summed E-state index contributed by atoms with van der Waals surface area (Å²) in [5, 5.41) is 0. The van der Waals surface area contributed by atoms with Crippen molar-refractivity contribution in [3.05, 3.63) is 0 Å². The second-order valence-electron chi connectivity index (χ2n) is 9.16. The summed E-state index contributed by atoms with van der Waals surface area (Å²) in [6, 6.07) is 1.62. The van der Waals surface area contributed by atoms with Gasteiger partial charge in [0.05, 0.1) is 0 Å². The number of hydrogen-bond acceptors (Lipinski definition) is 3. The first-order valence-corrected chi connectivity index (χ1v) is 10.6. The molecular weight excluding hydrogens is 296 g/mol. The summed E-state index contributed by atoms with van der Waals surface area (Å²) in [5.74, 6) is 2.88. The van der Waals surface area contributed by atoms with E-state index in [1.807, 2.05) is 0 Å². The van der Waals surface area contributed by atoms with E-state index in [2.05, 4.69) is 30.7 Å². The van der Waals surface area contributed by atoms with E-state index in [0.29, 0.717) is 0 Å². The first kappa shape index (κ1) is 18.7. The van der Waals surface area contributed by atoms with Gasteiger partial charge in [-0.1, -0.05) is 13.8 Å². The molecule has 0 aromatic heterocycles. The van der Waals surface area contributed by atoms with Crippen LogP contribution in [0.15, 0.2) is 0 Å². The summed E-state index contributed by atoms with van der Waals surface area (Å²) in [5.41, 5.74) is 0. The molecule has 0 bridgehead atoms. The van der Waals surface area contributed by atoms with E-state index >= 15 is 0 Å². The average molecular weight is 337 g/mol. The van der Waals surface area contributed by atoms with E-state index < -0.39 is 0 Å². The molecule has 3 nitrogen and oxygen atoms in total. The van der Waals surface area contributed by atoms with E-state index in [1.54, 1.807) is 0 Å². The molecule has 1 aliphatic carbocycles. The molecule has 3 rings (SSSR count). The van der Waals surface area contributed by atoms with Gasteiger partial charge in [0.2, 0.25) is 0 Å². The normalized spacial score (nSPS) is 34.8.